The zero-order valence-electron chi connectivity index (χ0n) is 13.5. The Morgan fingerprint density at radius 3 is 2.65 bits per heavy atom. The van der Waals surface area contributed by atoms with E-state index < -0.39 is 5.41 Å². The van der Waals surface area contributed by atoms with Crippen molar-refractivity contribution in [2.75, 3.05) is 10.6 Å². The van der Waals surface area contributed by atoms with Gasteiger partial charge < -0.3 is 10.6 Å². The number of carbonyl (C=O) groups excluding carboxylic acids is 2. The minimum Gasteiger partial charge on any atom is -0.325 e. The second-order valence-electron chi connectivity index (χ2n) is 6.43. The minimum absolute atomic E-state index is 0.0136. The number of halogens is 1. The lowest BCUT2D eigenvalue weighted by atomic mass is 9.72. The predicted octanol–water partition coefficient (Wildman–Crippen LogP) is 3.11. The second-order valence-corrected chi connectivity index (χ2v) is 6.86. The van der Waals surface area contributed by atoms with Crippen LogP contribution in [0.4, 0.5) is 11.5 Å². The van der Waals surface area contributed by atoms with Crippen molar-refractivity contribution in [3.63, 3.8) is 0 Å². The molecule has 2 amide bonds. The van der Waals surface area contributed by atoms with Crippen molar-refractivity contribution < 1.29 is 9.59 Å². The molecule has 0 aliphatic carbocycles. The first-order chi connectivity index (χ1) is 12.6. The summed E-state index contributed by atoms with van der Waals surface area (Å²) in [7, 11) is 0. The van der Waals surface area contributed by atoms with Gasteiger partial charge in [0.2, 0.25) is 11.8 Å². The van der Waals surface area contributed by atoms with Crippen LogP contribution in [0.25, 0.3) is 5.69 Å². The van der Waals surface area contributed by atoms with Crippen LogP contribution in [0.1, 0.15) is 17.5 Å². The van der Waals surface area contributed by atoms with Gasteiger partial charge in [-0.3, -0.25) is 9.59 Å². The van der Waals surface area contributed by atoms with E-state index in [-0.39, 0.29) is 18.2 Å². The van der Waals surface area contributed by atoms with Gasteiger partial charge in [0.25, 0.3) is 0 Å². The smallest absolute Gasteiger partial charge is 0.240 e. The zero-order chi connectivity index (χ0) is 17.9. The van der Waals surface area contributed by atoms with E-state index in [0.29, 0.717) is 27.7 Å². The average molecular weight is 365 g/mol. The molecule has 2 aromatic carbocycles. The van der Waals surface area contributed by atoms with E-state index in [1.54, 1.807) is 29.1 Å². The van der Waals surface area contributed by atoms with Crippen molar-refractivity contribution in [2.24, 2.45) is 0 Å². The highest BCUT2D eigenvalue weighted by Gasteiger charge is 2.54. The molecule has 3 heterocycles. The third-order valence-electron chi connectivity index (χ3n) is 4.99. The fourth-order valence-electron chi connectivity index (χ4n) is 3.83. The Morgan fingerprint density at radius 1 is 1.04 bits per heavy atom. The largest absolute Gasteiger partial charge is 0.325 e. The van der Waals surface area contributed by atoms with Gasteiger partial charge in [-0.15, -0.1) is 0 Å². The van der Waals surface area contributed by atoms with Crippen molar-refractivity contribution in [3.8, 4) is 5.69 Å². The highest BCUT2D eigenvalue weighted by molar-refractivity contribution is 6.31. The zero-order valence-corrected chi connectivity index (χ0v) is 14.2. The average Bonchev–Trinajstić information content (AvgIpc) is 3.17. The number of hydrogen-bond donors (Lipinski definition) is 2. The summed E-state index contributed by atoms with van der Waals surface area (Å²) in [6, 6.07) is 14.7. The Morgan fingerprint density at radius 2 is 1.85 bits per heavy atom. The minimum atomic E-state index is -1.12. The molecule has 0 radical (unpaired) electrons. The number of hydrogen-bond acceptors (Lipinski definition) is 3. The Kier molecular flexibility index (Phi) is 3.02. The molecule has 7 heteroatoms. The Bertz CT molecular complexity index is 1080. The van der Waals surface area contributed by atoms with E-state index in [4.69, 9.17) is 11.6 Å². The first-order valence-corrected chi connectivity index (χ1v) is 8.53. The van der Waals surface area contributed by atoms with E-state index in [1.807, 2.05) is 30.3 Å². The van der Waals surface area contributed by atoms with E-state index in [1.165, 1.54) is 0 Å². The number of carbonyl (C=O) groups is 2. The van der Waals surface area contributed by atoms with Gasteiger partial charge in [0.05, 0.1) is 11.9 Å². The fraction of sp³-hybridized carbons (Fsp3) is 0.105. The number of nitrogens with zero attached hydrogens (tertiary/aromatic N) is 2. The molecular weight excluding hydrogens is 352 g/mol. The summed E-state index contributed by atoms with van der Waals surface area (Å²) in [4.78, 5) is 25.5. The Hall–Kier alpha value is -3.12. The van der Waals surface area contributed by atoms with Crippen LogP contribution in [0.15, 0.2) is 54.7 Å². The van der Waals surface area contributed by atoms with Gasteiger partial charge in [-0.1, -0.05) is 29.8 Å². The SMILES string of the molecule is O=C1C[C@]2(C(=O)Nc3ccc(Cl)cc32)c2cnn(-c3ccccc3)c2N1. The number of amides is 2. The molecule has 1 atom stereocenters. The Balaban J connectivity index is 1.78. The first kappa shape index (κ1) is 15.2. The van der Waals surface area contributed by atoms with Crippen molar-refractivity contribution in [1.29, 1.82) is 0 Å². The molecule has 2 aliphatic heterocycles. The third kappa shape index (κ3) is 1.90. The summed E-state index contributed by atoms with van der Waals surface area (Å²) in [5.41, 5.74) is 1.73. The molecule has 6 nitrogen and oxygen atoms in total. The molecule has 5 rings (SSSR count). The molecule has 1 spiro atoms. The van der Waals surface area contributed by atoms with Crippen LogP contribution in [0, 0.1) is 0 Å². The highest BCUT2D eigenvalue weighted by atomic mass is 35.5. The number of nitrogens with one attached hydrogen (secondary N) is 2. The van der Waals surface area contributed by atoms with E-state index >= 15 is 0 Å². The predicted molar refractivity (Wildman–Crippen MR) is 97.7 cm³/mol. The number of benzene rings is 2. The highest BCUT2D eigenvalue weighted by Crippen LogP contribution is 2.50. The van der Waals surface area contributed by atoms with E-state index in [2.05, 4.69) is 15.7 Å². The molecule has 0 unspecified atom stereocenters. The second kappa shape index (κ2) is 5.19. The van der Waals surface area contributed by atoms with Crippen LogP contribution < -0.4 is 10.6 Å². The molecule has 2 N–H and O–H groups in total. The molecule has 0 saturated heterocycles. The monoisotopic (exact) mass is 364 g/mol. The number of aromatic nitrogens is 2. The van der Waals surface area contributed by atoms with Crippen LogP contribution in [0.5, 0.6) is 0 Å². The van der Waals surface area contributed by atoms with Gasteiger partial charge in [0, 0.05) is 22.7 Å². The molecule has 0 saturated carbocycles. The molecule has 1 aromatic heterocycles. The summed E-state index contributed by atoms with van der Waals surface area (Å²) in [6.45, 7) is 0. The summed E-state index contributed by atoms with van der Waals surface area (Å²) < 4.78 is 1.64. The lowest BCUT2D eigenvalue weighted by molar-refractivity contribution is -0.125. The van der Waals surface area contributed by atoms with E-state index in [0.717, 1.165) is 5.69 Å². The van der Waals surface area contributed by atoms with Crippen LogP contribution in [0.2, 0.25) is 5.02 Å². The molecule has 128 valence electrons. The first-order valence-electron chi connectivity index (χ1n) is 8.15. The van der Waals surface area contributed by atoms with Gasteiger partial charge in [-0.25, -0.2) is 4.68 Å². The van der Waals surface area contributed by atoms with Crippen molar-refractivity contribution >= 4 is 34.9 Å². The lowest BCUT2D eigenvalue weighted by Gasteiger charge is -2.31. The van der Waals surface area contributed by atoms with Gasteiger partial charge in [0.1, 0.15) is 11.2 Å². The van der Waals surface area contributed by atoms with Crippen molar-refractivity contribution in [2.45, 2.75) is 11.8 Å². The normalized spacial score (nSPS) is 20.5. The topological polar surface area (TPSA) is 76.0 Å². The molecule has 0 fully saturated rings. The van der Waals surface area contributed by atoms with Crippen LogP contribution in [0.3, 0.4) is 0 Å². The summed E-state index contributed by atoms with van der Waals surface area (Å²) in [6.07, 6.45) is 1.66. The lowest BCUT2D eigenvalue weighted by Crippen LogP contribution is -2.43. The van der Waals surface area contributed by atoms with Gasteiger partial charge >= 0.3 is 0 Å². The summed E-state index contributed by atoms with van der Waals surface area (Å²) in [5, 5.41) is 10.7. The molecule has 3 aromatic rings. The Labute approximate surface area is 153 Å². The third-order valence-corrected chi connectivity index (χ3v) is 5.23. The number of fused-ring (bicyclic) bond motifs is 4. The number of anilines is 2. The summed E-state index contributed by atoms with van der Waals surface area (Å²) in [5.74, 6) is 0.0343. The molecular formula is C19H13ClN4O2. The molecule has 0 bridgehead atoms. The standard InChI is InChI=1S/C19H13ClN4O2/c20-11-6-7-15-13(8-11)19(18(26)22-15)9-16(25)23-17-14(19)10-21-24(17)12-4-2-1-3-5-12/h1-8,10H,9H2,(H,22,26)(H,23,25)/t19-/m1/s1. The van der Waals surface area contributed by atoms with Gasteiger partial charge in [0.15, 0.2) is 0 Å². The molecule has 26 heavy (non-hydrogen) atoms. The fourth-order valence-corrected chi connectivity index (χ4v) is 4.00. The maximum atomic E-state index is 13.0. The van der Waals surface area contributed by atoms with Crippen LogP contribution in [-0.2, 0) is 15.0 Å². The number of rotatable bonds is 1. The number of para-hydroxylation sites is 1. The van der Waals surface area contributed by atoms with E-state index in [9.17, 15) is 9.59 Å². The van der Waals surface area contributed by atoms with Crippen molar-refractivity contribution in [1.82, 2.24) is 9.78 Å². The van der Waals surface area contributed by atoms with Gasteiger partial charge in [-0.05, 0) is 35.9 Å². The molecule has 2 aliphatic rings. The summed E-state index contributed by atoms with van der Waals surface area (Å²) >= 11 is 6.18. The maximum absolute atomic E-state index is 13.0. The van der Waals surface area contributed by atoms with Gasteiger partial charge in [-0.2, -0.15) is 5.10 Å². The quantitative estimate of drug-likeness (QED) is 0.696. The van der Waals surface area contributed by atoms with Crippen LogP contribution >= 0.6 is 11.6 Å². The van der Waals surface area contributed by atoms with Crippen LogP contribution in [-0.4, -0.2) is 21.6 Å². The maximum Gasteiger partial charge on any atom is 0.240 e. The van der Waals surface area contributed by atoms with Crippen molar-refractivity contribution in [3.05, 3.63) is 70.9 Å².